The van der Waals surface area contributed by atoms with Gasteiger partial charge in [0.1, 0.15) is 10.7 Å². The number of thiazole rings is 1. The summed E-state index contributed by atoms with van der Waals surface area (Å²) in [7, 11) is 0. The van der Waals surface area contributed by atoms with Crippen LogP contribution in [0, 0.1) is 0 Å². The minimum absolute atomic E-state index is 0.0297. The Morgan fingerprint density at radius 1 is 1.24 bits per heavy atom. The van der Waals surface area contributed by atoms with Gasteiger partial charge in [-0.25, -0.2) is 4.98 Å². The van der Waals surface area contributed by atoms with E-state index < -0.39 is 0 Å². The van der Waals surface area contributed by atoms with Gasteiger partial charge in [0.15, 0.2) is 5.13 Å². The van der Waals surface area contributed by atoms with Gasteiger partial charge in [0.25, 0.3) is 5.91 Å². The number of carbonyl (C=O) groups excluding carboxylic acids is 2. The molecule has 1 aromatic heterocycles. The van der Waals surface area contributed by atoms with Gasteiger partial charge in [-0.1, -0.05) is 11.3 Å². The van der Waals surface area contributed by atoms with E-state index in [4.69, 9.17) is 5.73 Å². The smallest absolute Gasteiger partial charge is 0.265 e. The number of hydrogen-bond acceptors (Lipinski definition) is 6. The van der Waals surface area contributed by atoms with Crippen LogP contribution in [0.25, 0.3) is 0 Å². The monoisotopic (exact) mass is 309 g/mol. The van der Waals surface area contributed by atoms with Gasteiger partial charge in [-0.15, -0.1) is 0 Å². The molecule has 0 spiro atoms. The third kappa shape index (κ3) is 3.63. The Hall–Kier alpha value is -1.83. The second-order valence-electron chi connectivity index (χ2n) is 5.53. The molecule has 1 aromatic rings. The number of aromatic nitrogens is 1. The number of anilines is 2. The molecule has 0 atom stereocenters. The van der Waals surface area contributed by atoms with Crippen LogP contribution in [0.4, 0.5) is 10.9 Å². The fourth-order valence-corrected chi connectivity index (χ4v) is 2.91. The second kappa shape index (κ2) is 5.88. The highest BCUT2D eigenvalue weighted by Crippen LogP contribution is 2.29. The van der Waals surface area contributed by atoms with Crippen molar-refractivity contribution in [3.8, 4) is 0 Å². The highest BCUT2D eigenvalue weighted by Gasteiger charge is 2.24. The predicted octanol–water partition coefficient (Wildman–Crippen LogP) is 0.698. The SMILES string of the molecule is Nc1nc(NC2CCC2)sc1C(=O)NCC(=O)NC1CC1. The van der Waals surface area contributed by atoms with E-state index in [9.17, 15) is 9.59 Å². The maximum absolute atomic E-state index is 12.0. The van der Waals surface area contributed by atoms with Crippen molar-refractivity contribution < 1.29 is 9.59 Å². The summed E-state index contributed by atoms with van der Waals surface area (Å²) in [5.74, 6) is -0.304. The molecule has 0 radical (unpaired) electrons. The van der Waals surface area contributed by atoms with Gasteiger partial charge in [-0.05, 0) is 32.1 Å². The molecular weight excluding hydrogens is 290 g/mol. The average molecular weight is 309 g/mol. The summed E-state index contributed by atoms with van der Waals surface area (Å²) in [5, 5.41) is 9.32. The zero-order chi connectivity index (χ0) is 14.8. The Bertz CT molecular complexity index is 551. The Labute approximate surface area is 126 Å². The van der Waals surface area contributed by atoms with Crippen molar-refractivity contribution in [3.63, 3.8) is 0 Å². The minimum atomic E-state index is -0.349. The molecule has 0 aromatic carbocycles. The van der Waals surface area contributed by atoms with Crippen LogP contribution in [-0.4, -0.2) is 35.4 Å². The van der Waals surface area contributed by atoms with Gasteiger partial charge in [-0.2, -0.15) is 0 Å². The number of nitrogens with zero attached hydrogens (tertiary/aromatic N) is 1. The first-order chi connectivity index (χ1) is 10.1. The van der Waals surface area contributed by atoms with Crippen molar-refractivity contribution in [2.24, 2.45) is 0 Å². The van der Waals surface area contributed by atoms with Crippen molar-refractivity contribution in [2.45, 2.75) is 44.2 Å². The van der Waals surface area contributed by atoms with Gasteiger partial charge >= 0.3 is 0 Å². The fourth-order valence-electron chi connectivity index (χ4n) is 2.03. The Kier molecular flexibility index (Phi) is 3.96. The topological polar surface area (TPSA) is 109 Å². The third-order valence-electron chi connectivity index (χ3n) is 3.64. The summed E-state index contributed by atoms with van der Waals surface area (Å²) in [6.45, 7) is -0.0297. The molecule has 8 heteroatoms. The molecule has 0 bridgehead atoms. The number of carbonyl (C=O) groups is 2. The molecule has 1 heterocycles. The number of amides is 2. The molecule has 2 saturated carbocycles. The Morgan fingerprint density at radius 3 is 2.62 bits per heavy atom. The van der Waals surface area contributed by atoms with E-state index in [0.717, 1.165) is 25.7 Å². The number of nitrogens with two attached hydrogens (primary N) is 1. The molecule has 3 rings (SSSR count). The van der Waals surface area contributed by atoms with E-state index >= 15 is 0 Å². The van der Waals surface area contributed by atoms with Crippen LogP contribution < -0.4 is 21.7 Å². The molecule has 2 fully saturated rings. The van der Waals surface area contributed by atoms with E-state index in [2.05, 4.69) is 20.9 Å². The van der Waals surface area contributed by atoms with Crippen LogP contribution in [0.2, 0.25) is 0 Å². The van der Waals surface area contributed by atoms with Gasteiger partial charge in [0.05, 0.1) is 6.54 Å². The van der Waals surface area contributed by atoms with Gasteiger partial charge in [0, 0.05) is 12.1 Å². The quantitative estimate of drug-likeness (QED) is 0.618. The Morgan fingerprint density at radius 2 is 2.00 bits per heavy atom. The van der Waals surface area contributed by atoms with Crippen molar-refractivity contribution in [1.82, 2.24) is 15.6 Å². The summed E-state index contributed by atoms with van der Waals surface area (Å²) in [6, 6.07) is 0.733. The highest BCUT2D eigenvalue weighted by atomic mass is 32.1. The van der Waals surface area contributed by atoms with Crippen LogP contribution in [0.1, 0.15) is 41.8 Å². The molecule has 114 valence electrons. The van der Waals surface area contributed by atoms with Crippen molar-refractivity contribution in [3.05, 3.63) is 4.88 Å². The molecule has 0 aliphatic heterocycles. The van der Waals surface area contributed by atoms with Gasteiger partial charge < -0.3 is 21.7 Å². The summed E-state index contributed by atoms with van der Waals surface area (Å²) in [6.07, 6.45) is 5.53. The van der Waals surface area contributed by atoms with E-state index in [1.807, 2.05) is 0 Å². The fraction of sp³-hybridized carbons (Fsp3) is 0.615. The number of hydrogen-bond donors (Lipinski definition) is 4. The van der Waals surface area contributed by atoms with Gasteiger partial charge in [-0.3, -0.25) is 9.59 Å². The molecule has 21 heavy (non-hydrogen) atoms. The maximum Gasteiger partial charge on any atom is 0.265 e. The second-order valence-corrected chi connectivity index (χ2v) is 6.53. The number of rotatable bonds is 6. The highest BCUT2D eigenvalue weighted by molar-refractivity contribution is 7.18. The first kappa shape index (κ1) is 14.1. The molecule has 2 amide bonds. The van der Waals surface area contributed by atoms with Crippen LogP contribution in [0.5, 0.6) is 0 Å². The van der Waals surface area contributed by atoms with Crippen LogP contribution in [-0.2, 0) is 4.79 Å². The molecule has 0 saturated heterocycles. The molecule has 0 unspecified atom stereocenters. The maximum atomic E-state index is 12.0. The van der Waals surface area contributed by atoms with Crippen LogP contribution in [0.3, 0.4) is 0 Å². The van der Waals surface area contributed by atoms with E-state index in [1.54, 1.807) is 0 Å². The molecular formula is C13H19N5O2S. The summed E-state index contributed by atoms with van der Waals surface area (Å²) in [5.41, 5.74) is 5.77. The summed E-state index contributed by atoms with van der Waals surface area (Å²) >= 11 is 1.23. The minimum Gasteiger partial charge on any atom is -0.382 e. The molecule has 5 N–H and O–H groups in total. The van der Waals surface area contributed by atoms with Crippen molar-refractivity contribution in [2.75, 3.05) is 17.6 Å². The molecule has 2 aliphatic carbocycles. The van der Waals surface area contributed by atoms with Crippen LogP contribution in [0.15, 0.2) is 0 Å². The van der Waals surface area contributed by atoms with E-state index in [1.165, 1.54) is 17.8 Å². The van der Waals surface area contributed by atoms with E-state index in [0.29, 0.717) is 22.1 Å². The van der Waals surface area contributed by atoms with Crippen molar-refractivity contribution >= 4 is 34.1 Å². The number of nitrogens with one attached hydrogen (secondary N) is 3. The lowest BCUT2D eigenvalue weighted by atomic mass is 9.93. The lowest BCUT2D eigenvalue weighted by Crippen LogP contribution is -2.37. The first-order valence-corrected chi connectivity index (χ1v) is 8.04. The standard InChI is InChI=1S/C13H19N5O2S/c14-11-10(21-13(18-11)17-7-2-1-3-7)12(20)15-6-9(19)16-8-4-5-8/h7-8H,1-6,14H2,(H,15,20)(H,16,19)(H,17,18). The molecule has 2 aliphatic rings. The average Bonchev–Trinajstić information content (AvgIpc) is 3.12. The predicted molar refractivity (Wildman–Crippen MR) is 81.3 cm³/mol. The summed E-state index contributed by atoms with van der Waals surface area (Å²) < 4.78 is 0. The Balaban J connectivity index is 1.51. The van der Waals surface area contributed by atoms with Crippen molar-refractivity contribution in [1.29, 1.82) is 0 Å². The largest absolute Gasteiger partial charge is 0.382 e. The zero-order valence-corrected chi connectivity index (χ0v) is 12.5. The lowest BCUT2D eigenvalue weighted by molar-refractivity contribution is -0.120. The van der Waals surface area contributed by atoms with Gasteiger partial charge in [0.2, 0.25) is 5.91 Å². The first-order valence-electron chi connectivity index (χ1n) is 7.22. The molecule has 7 nitrogen and oxygen atoms in total. The lowest BCUT2D eigenvalue weighted by Gasteiger charge is -2.25. The number of nitrogen functional groups attached to an aromatic ring is 1. The zero-order valence-electron chi connectivity index (χ0n) is 11.6. The van der Waals surface area contributed by atoms with Crippen LogP contribution >= 0.6 is 11.3 Å². The normalized spacial score (nSPS) is 17.9. The van der Waals surface area contributed by atoms with E-state index in [-0.39, 0.29) is 24.2 Å². The summed E-state index contributed by atoms with van der Waals surface area (Å²) in [4.78, 5) is 28.1. The third-order valence-corrected chi connectivity index (χ3v) is 4.65.